The minimum Gasteiger partial charge on any atom is -0.478 e. The van der Waals surface area contributed by atoms with E-state index >= 15 is 0 Å². The van der Waals surface area contributed by atoms with Crippen LogP contribution in [0.3, 0.4) is 0 Å². The van der Waals surface area contributed by atoms with E-state index in [1.54, 1.807) is 0 Å². The molecule has 0 rings (SSSR count). The molecule has 0 atom stereocenters. The Morgan fingerprint density at radius 3 is 1.68 bits per heavy atom. The highest BCUT2D eigenvalue weighted by Crippen LogP contribution is 2.11. The van der Waals surface area contributed by atoms with E-state index in [0.717, 1.165) is 25.0 Å². The third kappa shape index (κ3) is 16.7. The van der Waals surface area contributed by atoms with E-state index in [9.17, 15) is 9.59 Å². The van der Waals surface area contributed by atoms with Gasteiger partial charge in [-0.1, -0.05) is 77.6 Å². The zero-order valence-corrected chi connectivity index (χ0v) is 14.0. The molecule has 0 heterocycles. The SMILES string of the molecule is CCCCCCCCCCCCCCOC(=O)C=CC(=O)O. The summed E-state index contributed by atoms with van der Waals surface area (Å²) in [7, 11) is 0. The number of ether oxygens (including phenoxy) is 1. The Morgan fingerprint density at radius 1 is 0.773 bits per heavy atom. The Kier molecular flexibility index (Phi) is 15.1. The van der Waals surface area contributed by atoms with Gasteiger partial charge in [-0.25, -0.2) is 9.59 Å². The molecule has 0 bridgehead atoms. The quantitative estimate of drug-likeness (QED) is 0.266. The molecule has 0 spiro atoms. The summed E-state index contributed by atoms with van der Waals surface area (Å²) in [5.41, 5.74) is 0. The number of unbranched alkanes of at least 4 members (excludes halogenated alkanes) is 11. The van der Waals surface area contributed by atoms with Crippen LogP contribution >= 0.6 is 0 Å². The van der Waals surface area contributed by atoms with Crippen molar-refractivity contribution >= 4 is 11.9 Å². The van der Waals surface area contributed by atoms with Crippen LogP contribution < -0.4 is 0 Å². The molecule has 0 aromatic heterocycles. The van der Waals surface area contributed by atoms with Crippen molar-refractivity contribution in [2.75, 3.05) is 6.61 Å². The average Bonchev–Trinajstić information content (AvgIpc) is 2.49. The summed E-state index contributed by atoms with van der Waals surface area (Å²) in [6, 6.07) is 0. The van der Waals surface area contributed by atoms with Crippen LogP contribution in [0.1, 0.15) is 84.0 Å². The molecule has 0 fully saturated rings. The zero-order chi connectivity index (χ0) is 16.5. The number of esters is 1. The van der Waals surface area contributed by atoms with Gasteiger partial charge in [-0.15, -0.1) is 0 Å². The average molecular weight is 312 g/mol. The minimum absolute atomic E-state index is 0.375. The van der Waals surface area contributed by atoms with Gasteiger partial charge in [0.1, 0.15) is 0 Å². The lowest BCUT2D eigenvalue weighted by Crippen LogP contribution is -2.03. The molecule has 0 aliphatic rings. The Bertz CT molecular complexity index is 310. The van der Waals surface area contributed by atoms with E-state index in [2.05, 4.69) is 6.92 Å². The van der Waals surface area contributed by atoms with Crippen molar-refractivity contribution < 1.29 is 19.4 Å². The fraction of sp³-hybridized carbons (Fsp3) is 0.778. The van der Waals surface area contributed by atoms with Gasteiger partial charge in [0, 0.05) is 12.2 Å². The van der Waals surface area contributed by atoms with Crippen LogP contribution in [-0.4, -0.2) is 23.7 Å². The van der Waals surface area contributed by atoms with Crippen LogP contribution in [0.2, 0.25) is 0 Å². The fourth-order valence-corrected chi connectivity index (χ4v) is 2.30. The van der Waals surface area contributed by atoms with Crippen LogP contribution in [0.4, 0.5) is 0 Å². The molecule has 0 aliphatic heterocycles. The molecule has 0 aromatic rings. The number of carboxylic acid groups (broad SMARTS) is 1. The van der Waals surface area contributed by atoms with Crippen molar-refractivity contribution in [3.8, 4) is 0 Å². The van der Waals surface area contributed by atoms with Gasteiger partial charge in [0.25, 0.3) is 0 Å². The van der Waals surface area contributed by atoms with E-state index in [1.165, 1.54) is 64.2 Å². The highest BCUT2D eigenvalue weighted by molar-refractivity contribution is 5.90. The number of rotatable bonds is 15. The lowest BCUT2D eigenvalue weighted by molar-refractivity contribution is -0.138. The van der Waals surface area contributed by atoms with E-state index < -0.39 is 11.9 Å². The van der Waals surface area contributed by atoms with E-state index in [0.29, 0.717) is 6.61 Å². The molecule has 1 N–H and O–H groups in total. The normalized spacial score (nSPS) is 11.0. The second kappa shape index (κ2) is 16.1. The molecular formula is C18H32O4. The highest BCUT2D eigenvalue weighted by atomic mass is 16.5. The second-order valence-corrected chi connectivity index (χ2v) is 5.73. The van der Waals surface area contributed by atoms with Gasteiger partial charge in [-0.2, -0.15) is 0 Å². The van der Waals surface area contributed by atoms with Crippen LogP contribution in [0, 0.1) is 0 Å². The first-order valence-corrected chi connectivity index (χ1v) is 8.74. The number of aliphatic carboxylic acids is 1. The van der Waals surface area contributed by atoms with Crippen LogP contribution in [0.5, 0.6) is 0 Å². The van der Waals surface area contributed by atoms with Crippen LogP contribution in [0.15, 0.2) is 12.2 Å². The lowest BCUT2D eigenvalue weighted by Gasteiger charge is -2.03. The Balaban J connectivity index is 3.17. The standard InChI is InChI=1S/C18H32O4/c1-2-3-4-5-6-7-8-9-10-11-12-13-16-22-18(21)15-14-17(19)20/h14-15H,2-13,16H2,1H3,(H,19,20). The minimum atomic E-state index is -1.14. The molecule has 0 unspecified atom stereocenters. The van der Waals surface area contributed by atoms with E-state index in [-0.39, 0.29) is 0 Å². The third-order valence-electron chi connectivity index (χ3n) is 3.60. The van der Waals surface area contributed by atoms with Crippen molar-refractivity contribution in [2.24, 2.45) is 0 Å². The summed E-state index contributed by atoms with van der Waals surface area (Å²) < 4.78 is 4.90. The van der Waals surface area contributed by atoms with Crippen LogP contribution in [-0.2, 0) is 14.3 Å². The first-order chi connectivity index (χ1) is 10.7. The van der Waals surface area contributed by atoms with Gasteiger partial charge in [-0.05, 0) is 6.42 Å². The number of carbonyl (C=O) groups is 2. The second-order valence-electron chi connectivity index (χ2n) is 5.73. The summed E-state index contributed by atoms with van der Waals surface area (Å²) >= 11 is 0. The monoisotopic (exact) mass is 312 g/mol. The molecule has 0 saturated heterocycles. The van der Waals surface area contributed by atoms with Gasteiger partial charge < -0.3 is 9.84 Å². The first-order valence-electron chi connectivity index (χ1n) is 8.74. The van der Waals surface area contributed by atoms with Gasteiger partial charge in [0.15, 0.2) is 0 Å². The summed E-state index contributed by atoms with van der Waals surface area (Å²) in [5.74, 6) is -1.72. The predicted octanol–water partition coefficient (Wildman–Crippen LogP) is 4.87. The van der Waals surface area contributed by atoms with Gasteiger partial charge >= 0.3 is 11.9 Å². The molecule has 0 radical (unpaired) electrons. The topological polar surface area (TPSA) is 63.6 Å². The number of hydrogen-bond donors (Lipinski definition) is 1. The van der Waals surface area contributed by atoms with E-state index in [1.807, 2.05) is 0 Å². The van der Waals surface area contributed by atoms with Gasteiger partial charge in [0.05, 0.1) is 6.61 Å². The largest absolute Gasteiger partial charge is 0.478 e. The molecule has 0 aromatic carbocycles. The fourth-order valence-electron chi connectivity index (χ4n) is 2.30. The summed E-state index contributed by atoms with van der Waals surface area (Å²) in [5, 5.41) is 8.35. The Labute approximate surface area is 134 Å². The Morgan fingerprint density at radius 2 is 1.23 bits per heavy atom. The van der Waals surface area contributed by atoms with Crippen LogP contribution in [0.25, 0.3) is 0 Å². The smallest absolute Gasteiger partial charge is 0.331 e. The molecule has 0 amide bonds. The molecule has 0 saturated carbocycles. The van der Waals surface area contributed by atoms with Crippen molar-refractivity contribution in [2.45, 2.75) is 84.0 Å². The molecule has 0 aliphatic carbocycles. The first kappa shape index (κ1) is 20.7. The lowest BCUT2D eigenvalue weighted by atomic mass is 10.1. The number of carboxylic acids is 1. The summed E-state index contributed by atoms with van der Waals surface area (Å²) in [6.45, 7) is 2.62. The third-order valence-corrected chi connectivity index (χ3v) is 3.60. The zero-order valence-electron chi connectivity index (χ0n) is 14.0. The molecular weight excluding hydrogens is 280 g/mol. The molecule has 4 heteroatoms. The molecule has 128 valence electrons. The highest BCUT2D eigenvalue weighted by Gasteiger charge is 1.98. The van der Waals surface area contributed by atoms with Crippen molar-refractivity contribution in [1.29, 1.82) is 0 Å². The summed E-state index contributed by atoms with van der Waals surface area (Å²) in [6.07, 6.45) is 16.9. The van der Waals surface area contributed by atoms with Crippen molar-refractivity contribution in [1.82, 2.24) is 0 Å². The van der Waals surface area contributed by atoms with E-state index in [4.69, 9.17) is 9.84 Å². The maximum atomic E-state index is 11.1. The van der Waals surface area contributed by atoms with Gasteiger partial charge in [-0.3, -0.25) is 0 Å². The number of hydrogen-bond acceptors (Lipinski definition) is 3. The maximum absolute atomic E-state index is 11.1. The van der Waals surface area contributed by atoms with Crippen molar-refractivity contribution in [3.05, 3.63) is 12.2 Å². The maximum Gasteiger partial charge on any atom is 0.331 e. The number of carbonyl (C=O) groups excluding carboxylic acids is 1. The van der Waals surface area contributed by atoms with Gasteiger partial charge in [0.2, 0.25) is 0 Å². The molecule has 4 nitrogen and oxygen atoms in total. The Hall–Kier alpha value is -1.32. The molecule has 22 heavy (non-hydrogen) atoms. The predicted molar refractivity (Wildman–Crippen MR) is 88.8 cm³/mol. The summed E-state index contributed by atoms with van der Waals surface area (Å²) in [4.78, 5) is 21.3. The van der Waals surface area contributed by atoms with Crippen molar-refractivity contribution in [3.63, 3.8) is 0 Å².